The molecule has 1 heterocycles. The Bertz CT molecular complexity index is 1300. The van der Waals surface area contributed by atoms with Gasteiger partial charge in [-0.3, -0.25) is 19.2 Å². The van der Waals surface area contributed by atoms with E-state index in [1.165, 1.54) is 0 Å². The number of benzene rings is 1. The van der Waals surface area contributed by atoms with E-state index in [9.17, 15) is 29.1 Å². The van der Waals surface area contributed by atoms with Crippen molar-refractivity contribution < 1.29 is 29.1 Å². The Balaban J connectivity index is 1.29. The van der Waals surface area contributed by atoms with E-state index in [2.05, 4.69) is 10.3 Å². The molecule has 0 bridgehead atoms. The van der Waals surface area contributed by atoms with E-state index in [0.29, 0.717) is 19.3 Å². The highest BCUT2D eigenvalue weighted by Gasteiger charge is 2.62. The normalized spacial score (nSPS) is 32.2. The summed E-state index contributed by atoms with van der Waals surface area (Å²) in [5.74, 6) is -1.93. The smallest absolute Gasteiger partial charge is 0.326 e. The summed E-state index contributed by atoms with van der Waals surface area (Å²) in [6.45, 7) is 3.69. The van der Waals surface area contributed by atoms with Gasteiger partial charge in [-0.2, -0.15) is 0 Å². The third-order valence-corrected chi connectivity index (χ3v) is 9.60. The zero-order chi connectivity index (χ0) is 26.5. The van der Waals surface area contributed by atoms with Crippen molar-refractivity contribution in [3.8, 4) is 0 Å². The Morgan fingerprint density at radius 1 is 1.11 bits per heavy atom. The number of carboxylic acids is 1. The summed E-state index contributed by atoms with van der Waals surface area (Å²) in [6.07, 6.45) is 4.36. The molecular formula is C29H34N2O6. The number of nitrogens with one attached hydrogen (secondary N) is 2. The van der Waals surface area contributed by atoms with Crippen LogP contribution in [0.1, 0.15) is 64.4 Å². The second kappa shape index (κ2) is 9.23. The fourth-order valence-electron chi connectivity index (χ4n) is 7.56. The fraction of sp³-hybridized carbons (Fsp3) is 0.552. The van der Waals surface area contributed by atoms with Crippen molar-refractivity contribution in [2.45, 2.75) is 71.3 Å². The summed E-state index contributed by atoms with van der Waals surface area (Å²) in [7, 11) is 0. The molecule has 3 fully saturated rings. The molecule has 6 atom stereocenters. The molecule has 0 spiro atoms. The van der Waals surface area contributed by atoms with E-state index in [0.717, 1.165) is 22.9 Å². The number of ketones is 3. The molecule has 196 valence electrons. The number of para-hydroxylation sites is 1. The van der Waals surface area contributed by atoms with Gasteiger partial charge in [0.15, 0.2) is 0 Å². The lowest BCUT2D eigenvalue weighted by atomic mass is 9.48. The first-order valence-electron chi connectivity index (χ1n) is 13.2. The van der Waals surface area contributed by atoms with Crippen LogP contribution >= 0.6 is 0 Å². The summed E-state index contributed by atoms with van der Waals surface area (Å²) >= 11 is 0. The number of amides is 1. The van der Waals surface area contributed by atoms with Gasteiger partial charge in [0.1, 0.15) is 23.4 Å². The van der Waals surface area contributed by atoms with E-state index in [1.807, 2.05) is 31.2 Å². The van der Waals surface area contributed by atoms with Gasteiger partial charge in [-0.25, -0.2) is 4.79 Å². The average molecular weight is 507 g/mol. The minimum atomic E-state index is -1.13. The van der Waals surface area contributed by atoms with Crippen molar-refractivity contribution in [2.24, 2.45) is 28.6 Å². The van der Waals surface area contributed by atoms with Crippen molar-refractivity contribution >= 4 is 40.1 Å². The summed E-state index contributed by atoms with van der Waals surface area (Å²) in [5, 5.41) is 13.3. The molecule has 37 heavy (non-hydrogen) atoms. The predicted molar refractivity (Wildman–Crippen MR) is 136 cm³/mol. The maximum atomic E-state index is 13.4. The van der Waals surface area contributed by atoms with Gasteiger partial charge in [0, 0.05) is 66.0 Å². The topological polar surface area (TPSA) is 133 Å². The quantitative estimate of drug-likeness (QED) is 0.525. The number of carboxylic acid groups (broad SMARTS) is 1. The number of carbonyl (C=O) groups is 5. The molecule has 2 aromatic rings. The van der Waals surface area contributed by atoms with Crippen LogP contribution in [0.5, 0.6) is 0 Å². The van der Waals surface area contributed by atoms with Crippen molar-refractivity contribution in [2.75, 3.05) is 0 Å². The van der Waals surface area contributed by atoms with E-state index < -0.39 is 34.7 Å². The Morgan fingerprint density at radius 2 is 1.84 bits per heavy atom. The third kappa shape index (κ3) is 4.20. The fourth-order valence-corrected chi connectivity index (χ4v) is 7.56. The van der Waals surface area contributed by atoms with Gasteiger partial charge in [0.05, 0.1) is 0 Å². The lowest BCUT2D eigenvalue weighted by molar-refractivity contribution is -0.160. The molecule has 0 radical (unpaired) electrons. The van der Waals surface area contributed by atoms with Crippen molar-refractivity contribution in [1.29, 1.82) is 0 Å². The summed E-state index contributed by atoms with van der Waals surface area (Å²) in [6, 6.07) is 6.45. The zero-order valence-electron chi connectivity index (χ0n) is 21.3. The van der Waals surface area contributed by atoms with Gasteiger partial charge in [-0.05, 0) is 42.7 Å². The second-order valence-electron chi connectivity index (χ2n) is 11.7. The Kier molecular flexibility index (Phi) is 6.32. The monoisotopic (exact) mass is 506 g/mol. The second-order valence-corrected chi connectivity index (χ2v) is 11.7. The number of carbonyl (C=O) groups excluding carboxylic acids is 4. The lowest BCUT2D eigenvalue weighted by Crippen LogP contribution is -2.56. The number of aromatic amines is 1. The molecule has 3 aliphatic rings. The first-order chi connectivity index (χ1) is 17.5. The number of H-pyrrole nitrogens is 1. The van der Waals surface area contributed by atoms with E-state index in [-0.39, 0.29) is 54.9 Å². The number of fused-ring (bicyclic) bond motifs is 4. The largest absolute Gasteiger partial charge is 0.480 e. The van der Waals surface area contributed by atoms with Gasteiger partial charge in [-0.15, -0.1) is 0 Å². The minimum absolute atomic E-state index is 0.0172. The van der Waals surface area contributed by atoms with Crippen molar-refractivity contribution in [3.63, 3.8) is 0 Å². The Morgan fingerprint density at radius 3 is 2.59 bits per heavy atom. The standard InChI is InChI=1S/C29H34N2O6/c1-28(23(33)9-7-18-19-8-10-24(34)29(19,2)14-22(32)26(18)28)12-11-25(35)31-21(27(36)37)13-16-15-30-20-6-4-3-5-17(16)20/h3-6,15,18-19,21,26,30H,7-14H2,1-2H3,(H,31,35)(H,36,37). The number of aromatic nitrogens is 1. The highest BCUT2D eigenvalue weighted by molar-refractivity contribution is 5.99. The SMILES string of the molecule is CC12CC(=O)C3C(CCC(=O)C3(C)CCC(=O)NC(Cc3c[nH]c4ccccc34)C(=O)O)C1CCC2=O. The van der Waals surface area contributed by atoms with Gasteiger partial charge in [-0.1, -0.05) is 32.0 Å². The van der Waals surface area contributed by atoms with Crippen LogP contribution in [0.4, 0.5) is 0 Å². The van der Waals surface area contributed by atoms with Crippen LogP contribution in [0.25, 0.3) is 10.9 Å². The summed E-state index contributed by atoms with van der Waals surface area (Å²) in [5.41, 5.74) is 0.0689. The van der Waals surface area contributed by atoms with E-state index >= 15 is 0 Å². The molecule has 8 nitrogen and oxygen atoms in total. The van der Waals surface area contributed by atoms with Gasteiger partial charge in [0.2, 0.25) is 5.91 Å². The number of hydrogen-bond donors (Lipinski definition) is 3. The molecule has 1 aromatic carbocycles. The molecule has 5 rings (SSSR count). The zero-order valence-corrected chi connectivity index (χ0v) is 21.3. The average Bonchev–Trinajstić information content (AvgIpc) is 3.39. The predicted octanol–water partition coefficient (Wildman–Crippen LogP) is 3.62. The molecule has 3 aliphatic carbocycles. The number of Topliss-reactive ketones (excluding diaryl/α,β-unsaturated/α-hetero) is 3. The van der Waals surface area contributed by atoms with Crippen LogP contribution in [0.15, 0.2) is 30.5 Å². The molecule has 1 amide bonds. The third-order valence-electron chi connectivity index (χ3n) is 9.60. The molecular weight excluding hydrogens is 472 g/mol. The Labute approximate surface area is 215 Å². The van der Waals surface area contributed by atoms with E-state index in [4.69, 9.17) is 0 Å². The van der Waals surface area contributed by atoms with Crippen LogP contribution in [-0.2, 0) is 30.4 Å². The summed E-state index contributed by atoms with van der Waals surface area (Å²) in [4.78, 5) is 67.2. The van der Waals surface area contributed by atoms with Crippen molar-refractivity contribution in [1.82, 2.24) is 10.3 Å². The molecule has 3 saturated carbocycles. The number of rotatable bonds is 7. The highest BCUT2D eigenvalue weighted by Crippen LogP contribution is 2.60. The Hall–Kier alpha value is -3.29. The van der Waals surface area contributed by atoms with Gasteiger partial charge in [0.25, 0.3) is 0 Å². The van der Waals surface area contributed by atoms with Gasteiger partial charge >= 0.3 is 5.97 Å². The van der Waals surface area contributed by atoms with Crippen LogP contribution < -0.4 is 5.32 Å². The van der Waals surface area contributed by atoms with Crippen LogP contribution in [0, 0.1) is 28.6 Å². The van der Waals surface area contributed by atoms with Gasteiger partial charge < -0.3 is 15.4 Å². The molecule has 0 aliphatic heterocycles. The number of aliphatic carboxylic acids is 1. The molecule has 1 aromatic heterocycles. The maximum absolute atomic E-state index is 13.4. The first-order valence-corrected chi connectivity index (χ1v) is 13.2. The van der Waals surface area contributed by atoms with Crippen LogP contribution in [0.2, 0.25) is 0 Å². The molecule has 3 N–H and O–H groups in total. The lowest BCUT2D eigenvalue weighted by Gasteiger charge is -2.52. The molecule has 8 heteroatoms. The highest BCUT2D eigenvalue weighted by atomic mass is 16.4. The molecule has 0 saturated heterocycles. The van der Waals surface area contributed by atoms with Crippen LogP contribution in [0.3, 0.4) is 0 Å². The van der Waals surface area contributed by atoms with Crippen molar-refractivity contribution in [3.05, 3.63) is 36.0 Å². The summed E-state index contributed by atoms with van der Waals surface area (Å²) < 4.78 is 0. The molecule has 6 unspecified atom stereocenters. The van der Waals surface area contributed by atoms with E-state index in [1.54, 1.807) is 13.1 Å². The first kappa shape index (κ1) is 25.4. The number of hydrogen-bond acceptors (Lipinski definition) is 5. The minimum Gasteiger partial charge on any atom is -0.480 e. The van der Waals surface area contributed by atoms with Crippen LogP contribution in [-0.4, -0.2) is 45.4 Å². The maximum Gasteiger partial charge on any atom is 0.326 e.